The Morgan fingerprint density at radius 2 is 2.33 bits per heavy atom. The van der Waals surface area contributed by atoms with Crippen molar-refractivity contribution >= 4 is 39.7 Å². The Labute approximate surface area is 182 Å². The van der Waals surface area contributed by atoms with E-state index < -0.39 is 0 Å². The standard InChI is InChI=1S/C22H32N6OS/c1-4-5-15(2)16-8-12-28(22(29)26-21-25-11-13-30-21)14-19(16)27(3)18-7-10-24-20-17(18)6-9-23-20/h6-7,9-10,15-16,19H,4-5,8,11-14H2,1-3H3,(H,23,24)(H,25,26,29)/t15?,16-,19?/m0/s1. The molecule has 162 valence electrons. The third-order valence-electron chi connectivity index (χ3n) is 6.51. The molecule has 1 saturated heterocycles. The van der Waals surface area contributed by atoms with Gasteiger partial charge in [0, 0.05) is 55.4 Å². The maximum atomic E-state index is 12.9. The smallest absolute Gasteiger partial charge is 0.323 e. The number of hydrogen-bond donors (Lipinski definition) is 2. The number of carbonyl (C=O) groups is 1. The summed E-state index contributed by atoms with van der Waals surface area (Å²) in [6.45, 7) is 6.92. The first-order valence-corrected chi connectivity index (χ1v) is 11.9. The molecule has 2 aromatic rings. The second-order valence-corrected chi connectivity index (χ2v) is 9.46. The lowest BCUT2D eigenvalue weighted by molar-refractivity contribution is 0.134. The lowest BCUT2D eigenvalue weighted by Gasteiger charge is -2.46. The average molecular weight is 429 g/mol. The summed E-state index contributed by atoms with van der Waals surface area (Å²) in [4.78, 5) is 29.3. The number of H-pyrrole nitrogens is 1. The SMILES string of the molecule is CCCC(C)[C@@H]1CCN(C(=O)NC2=NCCS2)CC1N(C)c1ccnc2[nH]ccc12. The number of piperidine rings is 1. The fraction of sp³-hybridized carbons (Fsp3) is 0.591. The van der Waals surface area contributed by atoms with E-state index in [2.05, 4.69) is 58.2 Å². The molecule has 2 N–H and O–H groups in total. The molecule has 7 nitrogen and oxygen atoms in total. The van der Waals surface area contributed by atoms with Crippen molar-refractivity contribution in [3.05, 3.63) is 24.5 Å². The number of carbonyl (C=O) groups excluding carboxylic acids is 1. The molecule has 0 aromatic carbocycles. The van der Waals surface area contributed by atoms with E-state index in [0.29, 0.717) is 18.4 Å². The molecule has 0 saturated carbocycles. The summed E-state index contributed by atoms with van der Waals surface area (Å²) >= 11 is 1.62. The van der Waals surface area contributed by atoms with Crippen molar-refractivity contribution in [1.29, 1.82) is 0 Å². The van der Waals surface area contributed by atoms with E-state index in [0.717, 1.165) is 47.2 Å². The zero-order chi connectivity index (χ0) is 21.1. The fourth-order valence-corrected chi connectivity index (χ4v) is 5.61. The second kappa shape index (κ2) is 9.29. The number of hydrogen-bond acceptors (Lipinski definition) is 5. The number of pyridine rings is 1. The predicted octanol–water partition coefficient (Wildman–Crippen LogP) is 3.94. The molecule has 0 radical (unpaired) electrons. The van der Waals surface area contributed by atoms with Gasteiger partial charge in [0.15, 0.2) is 5.17 Å². The zero-order valence-corrected chi connectivity index (χ0v) is 18.9. The number of urea groups is 1. The number of fused-ring (bicyclic) bond motifs is 1. The highest BCUT2D eigenvalue weighted by molar-refractivity contribution is 8.14. The molecule has 4 heterocycles. The van der Waals surface area contributed by atoms with Gasteiger partial charge in [-0.05, 0) is 30.4 Å². The molecule has 3 atom stereocenters. The van der Waals surface area contributed by atoms with Gasteiger partial charge in [-0.1, -0.05) is 38.5 Å². The van der Waals surface area contributed by atoms with Crippen LogP contribution in [0, 0.1) is 11.8 Å². The van der Waals surface area contributed by atoms with E-state index in [1.54, 1.807) is 11.8 Å². The third kappa shape index (κ3) is 4.29. The number of aromatic nitrogens is 2. The van der Waals surface area contributed by atoms with Gasteiger partial charge < -0.3 is 14.8 Å². The zero-order valence-electron chi connectivity index (χ0n) is 18.1. The van der Waals surface area contributed by atoms with Gasteiger partial charge >= 0.3 is 6.03 Å². The van der Waals surface area contributed by atoms with Gasteiger partial charge in [0.25, 0.3) is 0 Å². The number of thioether (sulfide) groups is 1. The maximum Gasteiger partial charge on any atom is 0.323 e. The number of likely N-dealkylation sites (N-methyl/N-ethyl adjacent to an activating group) is 1. The van der Waals surface area contributed by atoms with Crippen LogP contribution in [0.25, 0.3) is 11.0 Å². The topological polar surface area (TPSA) is 76.6 Å². The lowest BCUT2D eigenvalue weighted by atomic mass is 9.79. The molecule has 2 aliphatic heterocycles. The van der Waals surface area contributed by atoms with Crippen LogP contribution in [0.2, 0.25) is 0 Å². The maximum absolute atomic E-state index is 12.9. The first-order valence-electron chi connectivity index (χ1n) is 11.0. The molecule has 2 aliphatic rings. The lowest BCUT2D eigenvalue weighted by Crippen LogP contribution is -2.57. The van der Waals surface area contributed by atoms with E-state index in [1.807, 2.05) is 17.3 Å². The predicted molar refractivity (Wildman–Crippen MR) is 125 cm³/mol. The van der Waals surface area contributed by atoms with E-state index in [1.165, 1.54) is 12.8 Å². The van der Waals surface area contributed by atoms with E-state index in [-0.39, 0.29) is 12.1 Å². The minimum atomic E-state index is -0.0235. The van der Waals surface area contributed by atoms with Crippen LogP contribution >= 0.6 is 11.8 Å². The summed E-state index contributed by atoms with van der Waals surface area (Å²) < 4.78 is 0. The van der Waals surface area contributed by atoms with E-state index in [4.69, 9.17) is 0 Å². The number of nitrogens with one attached hydrogen (secondary N) is 2. The summed E-state index contributed by atoms with van der Waals surface area (Å²) in [5, 5.41) is 4.89. The van der Waals surface area contributed by atoms with Gasteiger partial charge in [0.1, 0.15) is 5.65 Å². The molecule has 1 fully saturated rings. The number of amidine groups is 1. The minimum Gasteiger partial charge on any atom is -0.369 e. The molecule has 2 aromatic heterocycles. The molecule has 2 amide bonds. The van der Waals surface area contributed by atoms with Crippen molar-refractivity contribution in [3.63, 3.8) is 0 Å². The minimum absolute atomic E-state index is 0.0235. The number of amides is 2. The Bertz CT molecular complexity index is 912. The van der Waals surface area contributed by atoms with Crippen LogP contribution in [0.3, 0.4) is 0 Å². The van der Waals surface area contributed by atoms with Gasteiger partial charge in [-0.2, -0.15) is 0 Å². The highest BCUT2D eigenvalue weighted by Crippen LogP contribution is 2.35. The summed E-state index contributed by atoms with van der Waals surface area (Å²) in [6, 6.07) is 4.40. The van der Waals surface area contributed by atoms with Crippen molar-refractivity contribution < 1.29 is 4.79 Å². The summed E-state index contributed by atoms with van der Waals surface area (Å²) in [5.74, 6) is 2.11. The second-order valence-electron chi connectivity index (χ2n) is 8.38. The summed E-state index contributed by atoms with van der Waals surface area (Å²) in [6.07, 6.45) is 7.21. The largest absolute Gasteiger partial charge is 0.369 e. The van der Waals surface area contributed by atoms with Crippen LogP contribution < -0.4 is 10.2 Å². The van der Waals surface area contributed by atoms with E-state index in [9.17, 15) is 4.79 Å². The summed E-state index contributed by atoms with van der Waals surface area (Å²) in [5.41, 5.74) is 2.07. The Morgan fingerprint density at radius 3 is 3.10 bits per heavy atom. The average Bonchev–Trinajstić information content (AvgIpc) is 3.44. The van der Waals surface area contributed by atoms with Gasteiger partial charge in [-0.25, -0.2) is 9.78 Å². The quantitative estimate of drug-likeness (QED) is 0.756. The highest BCUT2D eigenvalue weighted by Gasteiger charge is 2.37. The van der Waals surface area contributed by atoms with Crippen LogP contribution in [-0.2, 0) is 0 Å². The molecule has 4 rings (SSSR count). The van der Waals surface area contributed by atoms with Crippen LogP contribution in [0.15, 0.2) is 29.5 Å². The molecule has 0 bridgehead atoms. The Kier molecular flexibility index (Phi) is 6.51. The third-order valence-corrected chi connectivity index (χ3v) is 7.40. The van der Waals surface area contributed by atoms with Gasteiger partial charge in [0.2, 0.25) is 0 Å². The fourth-order valence-electron chi connectivity index (χ4n) is 4.89. The number of anilines is 1. The highest BCUT2D eigenvalue weighted by atomic mass is 32.2. The van der Waals surface area contributed by atoms with Crippen LogP contribution in [0.4, 0.5) is 10.5 Å². The molecular formula is C22H32N6OS. The van der Waals surface area contributed by atoms with Gasteiger partial charge in [0.05, 0.1) is 6.54 Å². The van der Waals surface area contributed by atoms with Crippen molar-refractivity contribution in [2.75, 3.05) is 37.3 Å². The number of rotatable bonds is 5. The number of aliphatic imine (C=N–C) groups is 1. The molecule has 0 aliphatic carbocycles. The Balaban J connectivity index is 1.57. The number of likely N-dealkylation sites (tertiary alicyclic amines) is 1. The summed E-state index contributed by atoms with van der Waals surface area (Å²) in [7, 11) is 2.16. The van der Waals surface area contributed by atoms with Crippen molar-refractivity contribution in [2.24, 2.45) is 16.8 Å². The molecular weight excluding hydrogens is 396 g/mol. The van der Waals surface area contributed by atoms with Crippen LogP contribution in [-0.4, -0.2) is 64.5 Å². The molecule has 30 heavy (non-hydrogen) atoms. The molecule has 0 spiro atoms. The molecule has 2 unspecified atom stereocenters. The van der Waals surface area contributed by atoms with Crippen molar-refractivity contribution in [3.8, 4) is 0 Å². The Hall–Kier alpha value is -2.22. The normalized spacial score (nSPS) is 22.8. The molecule has 8 heteroatoms. The van der Waals surface area contributed by atoms with Gasteiger partial charge in [-0.3, -0.25) is 10.3 Å². The monoisotopic (exact) mass is 428 g/mol. The van der Waals surface area contributed by atoms with Crippen molar-refractivity contribution in [2.45, 2.75) is 39.2 Å². The number of aromatic amines is 1. The van der Waals surface area contributed by atoms with E-state index >= 15 is 0 Å². The van der Waals surface area contributed by atoms with Gasteiger partial charge in [-0.15, -0.1) is 0 Å². The first-order chi connectivity index (χ1) is 14.6. The van der Waals surface area contributed by atoms with Crippen molar-refractivity contribution in [1.82, 2.24) is 20.2 Å². The number of nitrogens with zero attached hydrogens (tertiary/aromatic N) is 4. The first kappa shape index (κ1) is 21.0. The Morgan fingerprint density at radius 1 is 1.47 bits per heavy atom. The van der Waals surface area contributed by atoms with Crippen LogP contribution in [0.1, 0.15) is 33.1 Å². The van der Waals surface area contributed by atoms with Crippen LogP contribution in [0.5, 0.6) is 0 Å².